The lowest BCUT2D eigenvalue weighted by Crippen LogP contribution is -2.39. The average molecular weight is 291 g/mol. The lowest BCUT2D eigenvalue weighted by atomic mass is 10.2. The topological polar surface area (TPSA) is 58.0 Å². The Hall–Kier alpha value is -1.78. The molecular weight excluding hydrogens is 266 g/mol. The second-order valence-corrected chi connectivity index (χ2v) is 6.17. The maximum absolute atomic E-state index is 9.54. The van der Waals surface area contributed by atoms with Gasteiger partial charge >= 0.3 is 0 Å². The number of hydrogen-bond acceptors (Lipinski definition) is 4. The van der Waals surface area contributed by atoms with E-state index in [1.54, 1.807) is 6.20 Å². The molecule has 0 aromatic carbocycles. The van der Waals surface area contributed by atoms with Crippen molar-refractivity contribution < 1.29 is 9.94 Å². The molecule has 1 N–H and O–H groups in total. The summed E-state index contributed by atoms with van der Waals surface area (Å²) in [4.78, 5) is 6.45. The summed E-state index contributed by atoms with van der Waals surface area (Å²) in [6.45, 7) is 9.08. The molecular formula is C16H25N3O2. The first-order chi connectivity index (χ1) is 10.0. The molecule has 2 rings (SSSR count). The minimum absolute atomic E-state index is 0.351. The fourth-order valence-corrected chi connectivity index (χ4v) is 2.78. The van der Waals surface area contributed by atoms with E-state index in [2.05, 4.69) is 42.7 Å². The summed E-state index contributed by atoms with van der Waals surface area (Å²) in [7, 11) is 0. The van der Waals surface area contributed by atoms with Crippen LogP contribution in [-0.2, 0) is 0 Å². The zero-order chi connectivity index (χ0) is 15.4. The monoisotopic (exact) mass is 291 g/mol. The summed E-state index contributed by atoms with van der Waals surface area (Å²) < 4.78 is 5.78. The van der Waals surface area contributed by atoms with Crippen LogP contribution in [-0.4, -0.2) is 39.6 Å². The first-order valence-corrected chi connectivity index (χ1v) is 7.63. The van der Waals surface area contributed by atoms with E-state index in [1.165, 1.54) is 0 Å². The summed E-state index contributed by atoms with van der Waals surface area (Å²) in [5, 5.41) is 13.1. The van der Waals surface area contributed by atoms with Crippen LogP contribution in [0.2, 0.25) is 0 Å². The predicted molar refractivity (Wildman–Crippen MR) is 82.9 cm³/mol. The van der Waals surface area contributed by atoms with Gasteiger partial charge in [0.25, 0.3) is 0 Å². The van der Waals surface area contributed by atoms with Crippen LogP contribution in [0.5, 0.6) is 5.88 Å². The number of likely N-dealkylation sites (tertiary alicyclic amines) is 1. The van der Waals surface area contributed by atoms with Crippen LogP contribution in [0.1, 0.15) is 46.1 Å². The Balaban J connectivity index is 2.30. The van der Waals surface area contributed by atoms with Crippen LogP contribution in [0.3, 0.4) is 0 Å². The van der Waals surface area contributed by atoms with Gasteiger partial charge in [0, 0.05) is 18.3 Å². The minimum Gasteiger partial charge on any atom is -0.477 e. The maximum atomic E-state index is 9.54. The van der Waals surface area contributed by atoms with Gasteiger partial charge in [0.1, 0.15) is 0 Å². The van der Waals surface area contributed by atoms with E-state index >= 15 is 0 Å². The first-order valence-electron chi connectivity index (χ1n) is 7.63. The Labute approximate surface area is 126 Å². The molecule has 1 aliphatic rings. The summed E-state index contributed by atoms with van der Waals surface area (Å²) in [6, 6.07) is 4.44. The summed E-state index contributed by atoms with van der Waals surface area (Å²) in [5.74, 6) is 1.50. The fraction of sp³-hybridized carbons (Fsp3) is 0.625. The number of hydrogen-bond donors (Lipinski definition) is 1. The van der Waals surface area contributed by atoms with Gasteiger partial charge in [-0.2, -0.15) is 0 Å². The molecule has 1 aliphatic heterocycles. The Morgan fingerprint density at radius 1 is 1.43 bits per heavy atom. The number of nitrogens with zero attached hydrogens (tertiary/aromatic N) is 3. The number of aromatic nitrogens is 1. The molecule has 0 bridgehead atoms. The van der Waals surface area contributed by atoms with Crippen molar-refractivity contribution in [3.05, 3.63) is 23.9 Å². The highest BCUT2D eigenvalue weighted by atomic mass is 16.5. The molecule has 5 heteroatoms. The van der Waals surface area contributed by atoms with E-state index in [9.17, 15) is 5.21 Å². The first kappa shape index (κ1) is 15.6. The van der Waals surface area contributed by atoms with Gasteiger partial charge in [-0.25, -0.2) is 4.98 Å². The second-order valence-electron chi connectivity index (χ2n) is 6.17. The highest BCUT2D eigenvalue weighted by Crippen LogP contribution is 2.28. The van der Waals surface area contributed by atoms with E-state index in [-0.39, 0.29) is 0 Å². The standard InChI is InChI=1S/C16H25N3O2/c1-11(2)10-21-16-14(6-5-9-17-16)15(18-20)19-12(3)7-8-13(19)4/h5-6,9,11-13,20H,7-8,10H2,1-4H3/b18-15-. The zero-order valence-electron chi connectivity index (χ0n) is 13.3. The van der Waals surface area contributed by atoms with Crippen molar-refractivity contribution in [2.45, 2.75) is 52.6 Å². The summed E-state index contributed by atoms with van der Waals surface area (Å²) >= 11 is 0. The van der Waals surface area contributed by atoms with Crippen molar-refractivity contribution in [1.29, 1.82) is 0 Å². The molecule has 116 valence electrons. The van der Waals surface area contributed by atoms with Gasteiger partial charge in [0.2, 0.25) is 5.88 Å². The van der Waals surface area contributed by atoms with Crippen molar-refractivity contribution in [2.75, 3.05) is 6.61 Å². The normalized spacial score (nSPS) is 22.9. The predicted octanol–water partition coefficient (Wildman–Crippen LogP) is 3.13. The number of amidine groups is 1. The number of rotatable bonds is 4. The molecule has 2 heterocycles. The molecule has 0 spiro atoms. The van der Waals surface area contributed by atoms with Crippen molar-refractivity contribution in [3.63, 3.8) is 0 Å². The smallest absolute Gasteiger partial charge is 0.224 e. The Morgan fingerprint density at radius 3 is 2.67 bits per heavy atom. The lowest BCUT2D eigenvalue weighted by Gasteiger charge is -2.29. The number of ether oxygens (including phenoxy) is 1. The number of pyridine rings is 1. The highest BCUT2D eigenvalue weighted by molar-refractivity contribution is 6.00. The third kappa shape index (κ3) is 3.46. The summed E-state index contributed by atoms with van der Waals surface area (Å²) in [5.41, 5.74) is 0.751. The molecule has 1 aromatic heterocycles. The molecule has 1 saturated heterocycles. The van der Waals surface area contributed by atoms with Crippen LogP contribution in [0.15, 0.2) is 23.5 Å². The fourth-order valence-electron chi connectivity index (χ4n) is 2.78. The van der Waals surface area contributed by atoms with Gasteiger partial charge in [-0.05, 0) is 44.7 Å². The Kier molecular flexibility index (Phi) is 5.04. The van der Waals surface area contributed by atoms with Crippen molar-refractivity contribution >= 4 is 5.84 Å². The lowest BCUT2D eigenvalue weighted by molar-refractivity contribution is 0.256. The third-order valence-corrected chi connectivity index (χ3v) is 3.86. The third-order valence-electron chi connectivity index (χ3n) is 3.86. The largest absolute Gasteiger partial charge is 0.477 e. The van der Waals surface area contributed by atoms with Crippen LogP contribution in [0, 0.1) is 5.92 Å². The average Bonchev–Trinajstić information content (AvgIpc) is 2.79. The quantitative estimate of drug-likeness (QED) is 0.401. The Morgan fingerprint density at radius 2 is 2.10 bits per heavy atom. The molecule has 21 heavy (non-hydrogen) atoms. The van der Waals surface area contributed by atoms with Gasteiger partial charge in [0.15, 0.2) is 5.84 Å². The van der Waals surface area contributed by atoms with Gasteiger partial charge in [-0.3, -0.25) is 0 Å². The molecule has 1 aromatic rings. The molecule has 0 amide bonds. The SMILES string of the molecule is CC(C)COc1ncccc1/C(=N/O)N1C(C)CCC1C. The molecule has 5 nitrogen and oxygen atoms in total. The minimum atomic E-state index is 0.351. The van der Waals surface area contributed by atoms with Gasteiger partial charge < -0.3 is 14.8 Å². The molecule has 0 aliphatic carbocycles. The van der Waals surface area contributed by atoms with Crippen LogP contribution in [0.25, 0.3) is 0 Å². The van der Waals surface area contributed by atoms with Crippen molar-refractivity contribution in [3.8, 4) is 5.88 Å². The van der Waals surface area contributed by atoms with Crippen LogP contribution < -0.4 is 4.74 Å². The van der Waals surface area contributed by atoms with E-state index in [1.807, 2.05) is 12.1 Å². The molecule has 1 fully saturated rings. The van der Waals surface area contributed by atoms with E-state index in [0.717, 1.165) is 18.4 Å². The van der Waals surface area contributed by atoms with E-state index in [0.29, 0.717) is 36.3 Å². The van der Waals surface area contributed by atoms with Crippen LogP contribution in [0.4, 0.5) is 0 Å². The molecule has 0 saturated carbocycles. The second kappa shape index (κ2) is 6.78. The molecule has 0 radical (unpaired) electrons. The molecule has 2 unspecified atom stereocenters. The summed E-state index contributed by atoms with van der Waals surface area (Å²) in [6.07, 6.45) is 3.90. The maximum Gasteiger partial charge on any atom is 0.224 e. The van der Waals surface area contributed by atoms with Crippen LogP contribution >= 0.6 is 0 Å². The highest BCUT2D eigenvalue weighted by Gasteiger charge is 2.32. The van der Waals surface area contributed by atoms with Gasteiger partial charge in [-0.1, -0.05) is 19.0 Å². The van der Waals surface area contributed by atoms with Crippen molar-refractivity contribution in [1.82, 2.24) is 9.88 Å². The van der Waals surface area contributed by atoms with Crippen molar-refractivity contribution in [2.24, 2.45) is 11.1 Å². The zero-order valence-corrected chi connectivity index (χ0v) is 13.3. The van der Waals surface area contributed by atoms with E-state index in [4.69, 9.17) is 4.74 Å². The van der Waals surface area contributed by atoms with Gasteiger partial charge in [-0.15, -0.1) is 0 Å². The molecule has 2 atom stereocenters. The van der Waals surface area contributed by atoms with E-state index < -0.39 is 0 Å². The Bertz CT molecular complexity index is 492. The van der Waals surface area contributed by atoms with Gasteiger partial charge in [0.05, 0.1) is 12.2 Å². The number of oxime groups is 1.